The Bertz CT molecular complexity index is 378. The van der Waals surface area contributed by atoms with Crippen molar-refractivity contribution in [3.63, 3.8) is 0 Å². The molecule has 0 saturated heterocycles. The van der Waals surface area contributed by atoms with Crippen molar-refractivity contribution in [1.82, 2.24) is 14.8 Å². The molecule has 0 bridgehead atoms. The van der Waals surface area contributed by atoms with Crippen molar-refractivity contribution in [3.05, 3.63) is 28.3 Å². The molecule has 0 aliphatic carbocycles. The van der Waals surface area contributed by atoms with Crippen LogP contribution in [0.1, 0.15) is 10.7 Å². The van der Waals surface area contributed by atoms with Crippen LogP contribution in [0.2, 0.25) is 0 Å². The molecular formula is C9H12N4S. The van der Waals surface area contributed by atoms with Crippen LogP contribution in [0.3, 0.4) is 0 Å². The van der Waals surface area contributed by atoms with Crippen LogP contribution >= 0.6 is 11.3 Å². The molecule has 2 heterocycles. The van der Waals surface area contributed by atoms with E-state index in [1.54, 1.807) is 16.0 Å². The number of anilines is 1. The van der Waals surface area contributed by atoms with Gasteiger partial charge in [-0.15, -0.1) is 11.3 Å². The minimum Gasteiger partial charge on any atom is -0.362 e. The molecule has 2 aromatic rings. The number of rotatable bonds is 3. The van der Waals surface area contributed by atoms with Crippen molar-refractivity contribution in [2.75, 3.05) is 5.32 Å². The normalized spacial score (nSPS) is 10.4. The van der Waals surface area contributed by atoms with Crippen LogP contribution < -0.4 is 5.32 Å². The van der Waals surface area contributed by atoms with Crippen LogP contribution in [0.25, 0.3) is 0 Å². The first kappa shape index (κ1) is 9.21. The van der Waals surface area contributed by atoms with Gasteiger partial charge in [-0.1, -0.05) is 0 Å². The standard InChI is InChI=1S/C9H12N4S/c1-7-6-14-9(11-7)5-10-8-3-4-13(2)12-8/h3-4,6H,5H2,1-2H3,(H,10,12). The van der Waals surface area contributed by atoms with E-state index in [4.69, 9.17) is 0 Å². The highest BCUT2D eigenvalue weighted by atomic mass is 32.1. The molecule has 0 radical (unpaired) electrons. The van der Waals surface area contributed by atoms with Gasteiger partial charge in [-0.2, -0.15) is 5.10 Å². The summed E-state index contributed by atoms with van der Waals surface area (Å²) in [6, 6.07) is 1.94. The lowest BCUT2D eigenvalue weighted by atomic mass is 10.5. The van der Waals surface area contributed by atoms with E-state index in [1.165, 1.54) is 0 Å². The quantitative estimate of drug-likeness (QED) is 0.836. The second-order valence-electron chi connectivity index (χ2n) is 3.11. The molecule has 1 N–H and O–H groups in total. The predicted molar refractivity (Wildman–Crippen MR) is 57.4 cm³/mol. The summed E-state index contributed by atoms with van der Waals surface area (Å²) in [6.07, 6.45) is 1.91. The third-order valence-corrected chi connectivity index (χ3v) is 2.77. The largest absolute Gasteiger partial charge is 0.362 e. The van der Waals surface area contributed by atoms with Crippen molar-refractivity contribution in [3.8, 4) is 0 Å². The zero-order valence-electron chi connectivity index (χ0n) is 8.19. The first-order valence-electron chi connectivity index (χ1n) is 4.38. The summed E-state index contributed by atoms with van der Waals surface area (Å²) in [5, 5.41) is 10.6. The smallest absolute Gasteiger partial charge is 0.148 e. The topological polar surface area (TPSA) is 42.7 Å². The average Bonchev–Trinajstić information content (AvgIpc) is 2.72. The molecule has 0 saturated carbocycles. The van der Waals surface area contributed by atoms with E-state index < -0.39 is 0 Å². The number of thiazole rings is 1. The summed E-state index contributed by atoms with van der Waals surface area (Å²) in [6.45, 7) is 2.75. The number of nitrogens with one attached hydrogen (secondary N) is 1. The Balaban J connectivity index is 1.94. The fraction of sp³-hybridized carbons (Fsp3) is 0.333. The molecule has 0 spiro atoms. The Hall–Kier alpha value is -1.36. The van der Waals surface area contributed by atoms with Gasteiger partial charge in [0.25, 0.3) is 0 Å². The van der Waals surface area contributed by atoms with Crippen LogP contribution in [0, 0.1) is 6.92 Å². The molecule has 74 valence electrons. The summed E-state index contributed by atoms with van der Waals surface area (Å²) in [4.78, 5) is 4.35. The third kappa shape index (κ3) is 2.11. The van der Waals surface area contributed by atoms with E-state index in [9.17, 15) is 0 Å². The Morgan fingerprint density at radius 2 is 2.43 bits per heavy atom. The monoisotopic (exact) mass is 208 g/mol. The van der Waals surface area contributed by atoms with Gasteiger partial charge >= 0.3 is 0 Å². The maximum Gasteiger partial charge on any atom is 0.148 e. The number of hydrogen-bond donors (Lipinski definition) is 1. The minimum absolute atomic E-state index is 0.746. The third-order valence-electron chi connectivity index (χ3n) is 1.80. The maximum atomic E-state index is 4.35. The Labute approximate surface area is 86.6 Å². The molecule has 5 heteroatoms. The lowest BCUT2D eigenvalue weighted by Crippen LogP contribution is -2.00. The van der Waals surface area contributed by atoms with E-state index in [0.29, 0.717) is 0 Å². The molecule has 0 amide bonds. The van der Waals surface area contributed by atoms with Crippen LogP contribution in [-0.2, 0) is 13.6 Å². The number of aryl methyl sites for hydroxylation is 2. The Kier molecular flexibility index (Phi) is 2.49. The van der Waals surface area contributed by atoms with Crippen LogP contribution in [0.5, 0.6) is 0 Å². The molecule has 4 nitrogen and oxygen atoms in total. The summed E-state index contributed by atoms with van der Waals surface area (Å²) < 4.78 is 1.77. The highest BCUT2D eigenvalue weighted by molar-refractivity contribution is 7.09. The van der Waals surface area contributed by atoms with Gasteiger partial charge in [0.1, 0.15) is 10.8 Å². The molecule has 0 aliphatic heterocycles. The molecule has 0 aromatic carbocycles. The number of aromatic nitrogens is 3. The maximum absolute atomic E-state index is 4.35. The second-order valence-corrected chi connectivity index (χ2v) is 4.05. The van der Waals surface area contributed by atoms with Gasteiger partial charge in [-0.3, -0.25) is 4.68 Å². The Morgan fingerprint density at radius 3 is 3.00 bits per heavy atom. The number of hydrogen-bond acceptors (Lipinski definition) is 4. The van der Waals surface area contributed by atoms with Gasteiger partial charge in [-0.25, -0.2) is 4.98 Å². The summed E-state index contributed by atoms with van der Waals surface area (Å²) >= 11 is 1.67. The SMILES string of the molecule is Cc1csc(CNc2ccn(C)n2)n1. The second kappa shape index (κ2) is 3.79. The average molecular weight is 208 g/mol. The van der Waals surface area contributed by atoms with Gasteiger partial charge in [0.2, 0.25) is 0 Å². The fourth-order valence-corrected chi connectivity index (χ4v) is 1.87. The minimum atomic E-state index is 0.746. The highest BCUT2D eigenvalue weighted by Gasteiger charge is 1.99. The zero-order valence-corrected chi connectivity index (χ0v) is 9.01. The molecular weight excluding hydrogens is 196 g/mol. The molecule has 0 atom stereocenters. The van der Waals surface area contributed by atoms with Crippen molar-refractivity contribution >= 4 is 17.2 Å². The molecule has 0 unspecified atom stereocenters. The predicted octanol–water partition coefficient (Wildman–Crippen LogP) is 1.80. The van der Waals surface area contributed by atoms with Crippen molar-refractivity contribution in [2.45, 2.75) is 13.5 Å². The summed E-state index contributed by atoms with van der Waals surface area (Å²) in [5.41, 5.74) is 1.08. The van der Waals surface area contributed by atoms with E-state index >= 15 is 0 Å². The lowest BCUT2D eigenvalue weighted by Gasteiger charge is -1.98. The van der Waals surface area contributed by atoms with E-state index in [2.05, 4.69) is 20.8 Å². The van der Waals surface area contributed by atoms with Gasteiger partial charge in [0, 0.05) is 30.4 Å². The van der Waals surface area contributed by atoms with Crippen molar-refractivity contribution < 1.29 is 0 Å². The molecule has 0 aliphatic rings. The first-order valence-corrected chi connectivity index (χ1v) is 5.26. The summed E-state index contributed by atoms with van der Waals surface area (Å²) in [5.74, 6) is 0.889. The van der Waals surface area contributed by atoms with Crippen LogP contribution in [-0.4, -0.2) is 14.8 Å². The van der Waals surface area contributed by atoms with E-state index in [0.717, 1.165) is 23.1 Å². The Morgan fingerprint density at radius 1 is 1.57 bits per heavy atom. The van der Waals surface area contributed by atoms with Crippen LogP contribution in [0.15, 0.2) is 17.6 Å². The van der Waals surface area contributed by atoms with Gasteiger partial charge < -0.3 is 5.32 Å². The van der Waals surface area contributed by atoms with Gasteiger partial charge in [0.05, 0.1) is 6.54 Å². The molecule has 2 rings (SSSR count). The van der Waals surface area contributed by atoms with Gasteiger partial charge in [-0.05, 0) is 6.92 Å². The van der Waals surface area contributed by atoms with Crippen LogP contribution in [0.4, 0.5) is 5.82 Å². The van der Waals surface area contributed by atoms with E-state index in [-0.39, 0.29) is 0 Å². The van der Waals surface area contributed by atoms with Crippen molar-refractivity contribution in [2.24, 2.45) is 7.05 Å². The molecule has 14 heavy (non-hydrogen) atoms. The zero-order chi connectivity index (χ0) is 9.97. The van der Waals surface area contributed by atoms with Crippen molar-refractivity contribution in [1.29, 1.82) is 0 Å². The first-order chi connectivity index (χ1) is 6.74. The fourth-order valence-electron chi connectivity index (χ4n) is 1.16. The highest BCUT2D eigenvalue weighted by Crippen LogP contribution is 2.10. The summed E-state index contributed by atoms with van der Waals surface area (Å²) in [7, 11) is 1.90. The lowest BCUT2D eigenvalue weighted by molar-refractivity contribution is 0.768. The van der Waals surface area contributed by atoms with Gasteiger partial charge in [0.15, 0.2) is 0 Å². The number of nitrogens with zero attached hydrogens (tertiary/aromatic N) is 3. The molecule has 0 fully saturated rings. The van der Waals surface area contributed by atoms with E-state index in [1.807, 2.05) is 26.2 Å². The molecule has 2 aromatic heterocycles.